The smallest absolute Gasteiger partial charge is 0.375 e. The van der Waals surface area contributed by atoms with Gasteiger partial charge >= 0.3 is 5.97 Å². The van der Waals surface area contributed by atoms with E-state index in [4.69, 9.17) is 13.9 Å². The number of halogens is 1. The molecule has 0 bridgehead atoms. The van der Waals surface area contributed by atoms with E-state index in [1.54, 1.807) is 6.92 Å². The summed E-state index contributed by atoms with van der Waals surface area (Å²) in [5, 5.41) is 13.8. The Morgan fingerprint density at radius 1 is 1.23 bits per heavy atom. The average molecular weight is 416 g/mol. The lowest BCUT2D eigenvalue weighted by Crippen LogP contribution is -2.30. The Bertz CT molecular complexity index is 1160. The molecule has 0 spiro atoms. The maximum atomic E-state index is 13.4. The molecule has 1 heterocycles. The lowest BCUT2D eigenvalue weighted by Gasteiger charge is -2.14. The number of aryl methyl sites for hydroxylation is 1. The number of anilines is 1. The first-order chi connectivity index (χ1) is 14.2. The van der Waals surface area contributed by atoms with Gasteiger partial charge < -0.3 is 19.2 Å². The molecule has 3 rings (SSSR count). The second kappa shape index (κ2) is 8.19. The third-order valence-electron chi connectivity index (χ3n) is 4.39. The van der Waals surface area contributed by atoms with Gasteiger partial charge in [0.25, 0.3) is 11.6 Å². The molecular formula is C20H17FN2O7. The topological polar surface area (TPSA) is 121 Å². The second-order valence-electron chi connectivity index (χ2n) is 6.38. The van der Waals surface area contributed by atoms with Crippen LogP contribution in [0.4, 0.5) is 15.8 Å². The average Bonchev–Trinajstić information content (AvgIpc) is 3.03. The largest absolute Gasteiger partial charge is 0.495 e. The van der Waals surface area contributed by atoms with Crippen molar-refractivity contribution in [2.45, 2.75) is 20.0 Å². The van der Waals surface area contributed by atoms with Crippen LogP contribution in [0.15, 0.2) is 40.8 Å². The van der Waals surface area contributed by atoms with E-state index in [1.165, 1.54) is 44.4 Å². The molecular weight excluding hydrogens is 399 g/mol. The van der Waals surface area contributed by atoms with Gasteiger partial charge in [-0.3, -0.25) is 14.9 Å². The van der Waals surface area contributed by atoms with E-state index >= 15 is 0 Å². The molecule has 30 heavy (non-hydrogen) atoms. The number of esters is 1. The molecule has 0 aliphatic carbocycles. The minimum Gasteiger partial charge on any atom is -0.495 e. The number of ether oxygens (including phenoxy) is 2. The standard InChI is InChI=1S/C20H17FN2O7/c1-10-14-8-12(21)4-6-16(14)30-18(10)20(25)29-11(2)19(24)22-15-9-13(23(26)27)5-7-17(15)28-3/h4-9,11H,1-3H3,(H,22,24). The molecule has 0 saturated carbocycles. The van der Waals surface area contributed by atoms with Crippen LogP contribution in [0.25, 0.3) is 11.0 Å². The SMILES string of the molecule is COc1ccc([N+](=O)[O-])cc1NC(=O)C(C)OC(=O)c1oc2ccc(F)cc2c1C. The van der Waals surface area contributed by atoms with Gasteiger partial charge in [-0.25, -0.2) is 9.18 Å². The van der Waals surface area contributed by atoms with Gasteiger partial charge in [-0.1, -0.05) is 0 Å². The zero-order chi connectivity index (χ0) is 22.0. The van der Waals surface area contributed by atoms with Crippen molar-refractivity contribution < 1.29 is 32.8 Å². The lowest BCUT2D eigenvalue weighted by molar-refractivity contribution is -0.384. The summed E-state index contributed by atoms with van der Waals surface area (Å²) in [6.45, 7) is 2.90. The number of fused-ring (bicyclic) bond motifs is 1. The van der Waals surface area contributed by atoms with Gasteiger partial charge in [-0.2, -0.15) is 0 Å². The third kappa shape index (κ3) is 4.07. The fourth-order valence-corrected chi connectivity index (χ4v) is 2.80. The van der Waals surface area contributed by atoms with Crippen LogP contribution in [0.2, 0.25) is 0 Å². The number of hydrogen-bond donors (Lipinski definition) is 1. The number of nitro benzene ring substituents is 1. The Morgan fingerprint density at radius 3 is 2.63 bits per heavy atom. The normalized spacial score (nSPS) is 11.7. The summed E-state index contributed by atoms with van der Waals surface area (Å²) in [7, 11) is 1.34. The molecule has 10 heteroatoms. The lowest BCUT2D eigenvalue weighted by atomic mass is 10.1. The van der Waals surface area contributed by atoms with Gasteiger partial charge in [0.1, 0.15) is 17.1 Å². The van der Waals surface area contributed by atoms with Crippen molar-refractivity contribution in [3.05, 3.63) is 63.7 Å². The number of amides is 1. The number of nitro groups is 1. The van der Waals surface area contributed by atoms with Crippen molar-refractivity contribution in [2.24, 2.45) is 0 Å². The fraction of sp³-hybridized carbons (Fsp3) is 0.200. The van der Waals surface area contributed by atoms with Crippen LogP contribution in [0.5, 0.6) is 5.75 Å². The molecule has 1 amide bonds. The van der Waals surface area contributed by atoms with Crippen LogP contribution in [0.3, 0.4) is 0 Å². The molecule has 0 radical (unpaired) electrons. The van der Waals surface area contributed by atoms with E-state index in [1.807, 2.05) is 0 Å². The number of nitrogens with one attached hydrogen (secondary N) is 1. The number of carbonyl (C=O) groups is 2. The number of nitrogens with zero attached hydrogens (tertiary/aromatic N) is 1. The first-order valence-corrected chi connectivity index (χ1v) is 8.74. The van der Waals surface area contributed by atoms with E-state index in [-0.39, 0.29) is 22.9 Å². The highest BCUT2D eigenvalue weighted by Gasteiger charge is 2.25. The molecule has 0 saturated heterocycles. The van der Waals surface area contributed by atoms with Crippen molar-refractivity contribution in [1.29, 1.82) is 0 Å². The number of hydrogen-bond acceptors (Lipinski definition) is 7. The highest BCUT2D eigenvalue weighted by molar-refractivity contribution is 6.00. The number of benzene rings is 2. The molecule has 156 valence electrons. The highest BCUT2D eigenvalue weighted by Crippen LogP contribution is 2.30. The maximum absolute atomic E-state index is 13.4. The van der Waals surface area contributed by atoms with Gasteiger partial charge in [0.2, 0.25) is 5.76 Å². The molecule has 0 fully saturated rings. The number of furan rings is 1. The molecule has 9 nitrogen and oxygen atoms in total. The summed E-state index contributed by atoms with van der Waals surface area (Å²) in [4.78, 5) is 35.2. The van der Waals surface area contributed by atoms with Crippen molar-refractivity contribution in [1.82, 2.24) is 0 Å². The van der Waals surface area contributed by atoms with E-state index in [0.717, 1.165) is 6.07 Å². The van der Waals surface area contributed by atoms with Crippen LogP contribution >= 0.6 is 0 Å². The van der Waals surface area contributed by atoms with Gasteiger partial charge in [-0.15, -0.1) is 0 Å². The van der Waals surface area contributed by atoms with Crippen molar-refractivity contribution in [3.63, 3.8) is 0 Å². The summed E-state index contributed by atoms with van der Waals surface area (Å²) in [5.74, 6) is -2.07. The van der Waals surface area contributed by atoms with Gasteiger partial charge in [-0.05, 0) is 38.1 Å². The minimum absolute atomic E-state index is 0.0509. The van der Waals surface area contributed by atoms with Crippen LogP contribution in [0, 0.1) is 22.9 Å². The molecule has 0 aliphatic heterocycles. The van der Waals surface area contributed by atoms with Crippen LogP contribution < -0.4 is 10.1 Å². The van der Waals surface area contributed by atoms with Crippen LogP contribution in [0.1, 0.15) is 23.0 Å². The molecule has 1 N–H and O–H groups in total. The quantitative estimate of drug-likeness (QED) is 0.366. The molecule has 1 aromatic heterocycles. The Morgan fingerprint density at radius 2 is 1.97 bits per heavy atom. The Hall–Kier alpha value is -3.95. The Labute approximate surface area is 169 Å². The molecule has 0 aliphatic rings. The molecule has 3 aromatic rings. The summed E-state index contributed by atoms with van der Waals surface area (Å²) < 4.78 is 29.1. The molecule has 2 aromatic carbocycles. The summed E-state index contributed by atoms with van der Waals surface area (Å²) in [5.41, 5.74) is 0.484. The Balaban J connectivity index is 1.76. The van der Waals surface area contributed by atoms with Gasteiger partial charge in [0.15, 0.2) is 6.10 Å². The number of carbonyl (C=O) groups excluding carboxylic acids is 2. The minimum atomic E-state index is -1.26. The van der Waals surface area contributed by atoms with Crippen molar-refractivity contribution in [2.75, 3.05) is 12.4 Å². The zero-order valence-corrected chi connectivity index (χ0v) is 16.2. The molecule has 1 atom stereocenters. The highest BCUT2D eigenvalue weighted by atomic mass is 19.1. The van der Waals surface area contributed by atoms with E-state index in [2.05, 4.69) is 5.32 Å². The zero-order valence-electron chi connectivity index (χ0n) is 16.2. The van der Waals surface area contributed by atoms with Crippen LogP contribution in [-0.2, 0) is 9.53 Å². The van der Waals surface area contributed by atoms with Crippen molar-refractivity contribution in [3.8, 4) is 5.75 Å². The number of rotatable bonds is 6. The third-order valence-corrected chi connectivity index (χ3v) is 4.39. The Kier molecular flexibility index (Phi) is 5.67. The second-order valence-corrected chi connectivity index (χ2v) is 6.38. The van der Waals surface area contributed by atoms with E-state index < -0.39 is 28.7 Å². The first kappa shape index (κ1) is 20.8. The monoisotopic (exact) mass is 416 g/mol. The number of methoxy groups -OCH3 is 1. The summed E-state index contributed by atoms with van der Waals surface area (Å²) in [6.07, 6.45) is -1.26. The van der Waals surface area contributed by atoms with Gasteiger partial charge in [0.05, 0.1) is 17.7 Å². The maximum Gasteiger partial charge on any atom is 0.375 e. The predicted octanol–water partition coefficient (Wildman–Crippen LogP) is 3.98. The summed E-state index contributed by atoms with van der Waals surface area (Å²) >= 11 is 0. The van der Waals surface area contributed by atoms with E-state index in [9.17, 15) is 24.1 Å². The fourth-order valence-electron chi connectivity index (χ4n) is 2.80. The van der Waals surface area contributed by atoms with Gasteiger partial charge in [0, 0.05) is 23.1 Å². The van der Waals surface area contributed by atoms with Crippen LogP contribution in [-0.4, -0.2) is 30.0 Å². The molecule has 1 unspecified atom stereocenters. The van der Waals surface area contributed by atoms with E-state index in [0.29, 0.717) is 16.5 Å². The first-order valence-electron chi connectivity index (χ1n) is 8.74. The summed E-state index contributed by atoms with van der Waals surface area (Å²) in [6, 6.07) is 7.51. The number of non-ortho nitro benzene ring substituents is 1. The predicted molar refractivity (Wildman–Crippen MR) is 104 cm³/mol. The van der Waals surface area contributed by atoms with Crippen molar-refractivity contribution >= 4 is 34.2 Å².